The smallest absolute Gasteiger partial charge is 0.394 e. The van der Waals surface area contributed by atoms with E-state index in [9.17, 15) is 13.2 Å². The van der Waals surface area contributed by atoms with E-state index in [0.29, 0.717) is 5.69 Å². The van der Waals surface area contributed by atoms with Gasteiger partial charge in [0.05, 0.1) is 27.7 Å². The molecule has 0 bridgehead atoms. The van der Waals surface area contributed by atoms with E-state index in [1.165, 1.54) is 12.3 Å². The first-order valence-corrected chi connectivity index (χ1v) is 15.8. The third kappa shape index (κ3) is 4.76. The van der Waals surface area contributed by atoms with E-state index in [4.69, 9.17) is 7.16 Å². The van der Waals surface area contributed by atoms with Crippen LogP contribution >= 0.6 is 0 Å². The number of alkyl halides is 3. The molecule has 4 aromatic carbocycles. The third-order valence-corrected chi connectivity index (χ3v) is 9.29. The van der Waals surface area contributed by atoms with Crippen molar-refractivity contribution in [2.75, 3.05) is 0 Å². The van der Waals surface area contributed by atoms with Gasteiger partial charge in [-0.3, -0.25) is 4.98 Å². The van der Waals surface area contributed by atoms with Crippen molar-refractivity contribution in [2.24, 2.45) is 12.5 Å². The zero-order chi connectivity index (χ0) is 35.2. The molecule has 0 aliphatic rings. The highest BCUT2D eigenvalue weighted by Gasteiger charge is 2.47. The minimum absolute atomic E-state index is 0.131. The minimum atomic E-state index is -4.74. The summed E-state index contributed by atoms with van der Waals surface area (Å²) >= 11 is 0. The second-order valence-corrected chi connectivity index (χ2v) is 12.9. The number of nitrogens with zero attached hydrogens (tertiary/aromatic N) is 3. The van der Waals surface area contributed by atoms with Crippen molar-refractivity contribution >= 4 is 43.7 Å². The SMILES string of the molecule is [2H]C([2H])(c1ccc(-c2cc[n+](C)c(-c3c(C)ccc4c3oc3cc5c(cc34)c3ccccc3n5-c3ccccc3)c2)nc1)C(C)(C)C(F)(F)F. The predicted molar refractivity (Wildman–Crippen MR) is 186 cm³/mol. The maximum Gasteiger partial charge on any atom is 0.394 e. The van der Waals surface area contributed by atoms with Crippen LogP contribution < -0.4 is 4.57 Å². The maximum absolute atomic E-state index is 13.7. The lowest BCUT2D eigenvalue weighted by Crippen LogP contribution is -2.34. The molecule has 0 aliphatic heterocycles. The van der Waals surface area contributed by atoms with Gasteiger partial charge in [0.1, 0.15) is 18.2 Å². The van der Waals surface area contributed by atoms with Crippen molar-refractivity contribution in [1.29, 1.82) is 0 Å². The zero-order valence-electron chi connectivity index (χ0n) is 28.9. The molecule has 8 aromatic rings. The number of hydrogen-bond donors (Lipinski definition) is 0. The van der Waals surface area contributed by atoms with Gasteiger partial charge in [-0.1, -0.05) is 68.4 Å². The van der Waals surface area contributed by atoms with Crippen LogP contribution in [0.4, 0.5) is 13.2 Å². The third-order valence-electron chi connectivity index (χ3n) is 9.29. The molecule has 0 spiro atoms. The van der Waals surface area contributed by atoms with E-state index in [1.807, 2.05) is 55.1 Å². The van der Waals surface area contributed by atoms with Crippen LogP contribution in [0.5, 0.6) is 0 Å². The summed E-state index contributed by atoms with van der Waals surface area (Å²) in [6.45, 7) is 3.79. The van der Waals surface area contributed by atoms with Crippen LogP contribution in [0, 0.1) is 12.3 Å². The van der Waals surface area contributed by atoms with E-state index in [2.05, 4.69) is 70.2 Å². The summed E-state index contributed by atoms with van der Waals surface area (Å²) in [6, 6.07) is 34.1. The van der Waals surface area contributed by atoms with Gasteiger partial charge in [-0.05, 0) is 54.8 Å². The Morgan fingerprint density at radius 3 is 2.33 bits per heavy atom. The van der Waals surface area contributed by atoms with Crippen LogP contribution in [0.3, 0.4) is 0 Å². The molecule has 4 aromatic heterocycles. The molecular formula is C41H33F3N3O+. The highest BCUT2D eigenvalue weighted by Crippen LogP contribution is 2.42. The average molecular weight is 643 g/mol. The van der Waals surface area contributed by atoms with Crippen LogP contribution in [0.15, 0.2) is 120 Å². The number of para-hydroxylation sites is 2. The van der Waals surface area contributed by atoms with Gasteiger partial charge in [0.15, 0.2) is 6.20 Å². The molecule has 0 amide bonds. The Morgan fingerprint density at radius 2 is 1.58 bits per heavy atom. The fourth-order valence-corrected chi connectivity index (χ4v) is 6.62. The molecule has 8 rings (SSSR count). The van der Waals surface area contributed by atoms with E-state index in [0.717, 1.165) is 85.7 Å². The molecule has 48 heavy (non-hydrogen) atoms. The first kappa shape index (κ1) is 27.7. The molecule has 4 heterocycles. The lowest BCUT2D eigenvalue weighted by molar-refractivity contribution is -0.660. The molecule has 238 valence electrons. The largest absolute Gasteiger partial charge is 0.455 e. The van der Waals surface area contributed by atoms with Crippen molar-refractivity contribution < 1.29 is 24.9 Å². The fraction of sp³-hybridized carbons (Fsp3) is 0.171. The second kappa shape index (κ2) is 10.8. The highest BCUT2D eigenvalue weighted by atomic mass is 19.4. The Labute approximate surface area is 278 Å². The normalized spacial score (nSPS) is 13.5. The summed E-state index contributed by atoms with van der Waals surface area (Å²) < 4.78 is 69.0. The molecular weight excluding hydrogens is 607 g/mol. The van der Waals surface area contributed by atoms with E-state index >= 15 is 0 Å². The topological polar surface area (TPSA) is 34.8 Å². The summed E-state index contributed by atoms with van der Waals surface area (Å²) in [5, 5.41) is 4.28. The van der Waals surface area contributed by atoms with Gasteiger partial charge in [-0.2, -0.15) is 13.2 Å². The van der Waals surface area contributed by atoms with Gasteiger partial charge in [-0.25, -0.2) is 4.57 Å². The summed E-state index contributed by atoms with van der Waals surface area (Å²) in [5.41, 5.74) is 6.07. The number of rotatable bonds is 5. The molecule has 0 saturated heterocycles. The molecule has 0 N–H and O–H groups in total. The fourth-order valence-electron chi connectivity index (χ4n) is 6.62. The van der Waals surface area contributed by atoms with E-state index in [-0.39, 0.29) is 5.56 Å². The number of benzene rings is 4. The minimum Gasteiger partial charge on any atom is -0.455 e. The number of aryl methyl sites for hydroxylation is 2. The molecule has 0 aliphatic carbocycles. The van der Waals surface area contributed by atoms with Crippen LogP contribution in [-0.4, -0.2) is 15.7 Å². The monoisotopic (exact) mass is 642 g/mol. The predicted octanol–water partition coefficient (Wildman–Crippen LogP) is 10.7. The number of hydrogen-bond acceptors (Lipinski definition) is 2. The lowest BCUT2D eigenvalue weighted by Gasteiger charge is -2.27. The molecule has 4 nitrogen and oxygen atoms in total. The van der Waals surface area contributed by atoms with Crippen molar-refractivity contribution in [1.82, 2.24) is 9.55 Å². The van der Waals surface area contributed by atoms with Crippen molar-refractivity contribution in [3.05, 3.63) is 127 Å². The number of aromatic nitrogens is 3. The number of furan rings is 1. The Morgan fingerprint density at radius 1 is 0.812 bits per heavy atom. The van der Waals surface area contributed by atoms with Gasteiger partial charge in [0, 0.05) is 59.9 Å². The molecule has 0 fully saturated rings. The Kier molecular flexibility index (Phi) is 6.23. The molecule has 0 saturated carbocycles. The van der Waals surface area contributed by atoms with Gasteiger partial charge < -0.3 is 8.98 Å². The highest BCUT2D eigenvalue weighted by molar-refractivity contribution is 6.18. The van der Waals surface area contributed by atoms with Crippen LogP contribution in [0.1, 0.15) is 27.7 Å². The van der Waals surface area contributed by atoms with Gasteiger partial charge in [-0.15, -0.1) is 0 Å². The molecule has 0 atom stereocenters. The molecule has 0 unspecified atom stereocenters. The molecule has 7 heteroatoms. The zero-order valence-corrected chi connectivity index (χ0v) is 26.9. The van der Waals surface area contributed by atoms with Crippen molar-refractivity contribution in [2.45, 2.75) is 33.3 Å². The number of halogens is 3. The Hall–Kier alpha value is -5.43. The summed E-state index contributed by atoms with van der Waals surface area (Å²) in [4.78, 5) is 4.44. The summed E-state index contributed by atoms with van der Waals surface area (Å²) in [7, 11) is 1.95. The van der Waals surface area contributed by atoms with Gasteiger partial charge >= 0.3 is 6.18 Å². The summed E-state index contributed by atoms with van der Waals surface area (Å²) in [6.07, 6.45) is -4.30. The Bertz CT molecular complexity index is 2600. The second-order valence-electron chi connectivity index (χ2n) is 12.9. The molecule has 0 radical (unpaired) electrons. The number of pyridine rings is 2. The van der Waals surface area contributed by atoms with Gasteiger partial charge in [0.25, 0.3) is 0 Å². The Balaban J connectivity index is 1.27. The van der Waals surface area contributed by atoms with Gasteiger partial charge in [0.2, 0.25) is 5.69 Å². The first-order chi connectivity index (χ1) is 23.8. The first-order valence-electron chi connectivity index (χ1n) is 16.8. The van der Waals surface area contributed by atoms with Crippen LogP contribution in [0.2, 0.25) is 0 Å². The van der Waals surface area contributed by atoms with Crippen LogP contribution in [-0.2, 0) is 13.4 Å². The van der Waals surface area contributed by atoms with Crippen molar-refractivity contribution in [3.8, 4) is 28.2 Å². The quantitative estimate of drug-likeness (QED) is 0.175. The summed E-state index contributed by atoms with van der Waals surface area (Å²) in [5.74, 6) is 0. The average Bonchev–Trinajstić information content (AvgIpc) is 3.62. The standard InChI is InChI=1S/C41H33F3N3O/c1-25-14-16-30-32-21-31-29-12-8-9-13-34(29)47(28-10-6-5-7-11-28)35(31)22-37(32)48-39(30)38(25)36-20-27(18-19-46(36)4)33-17-15-26(24-45-33)23-40(2,3)41(42,43)44/h5-22,24H,23H2,1-4H3/q+1/i23D2. The maximum atomic E-state index is 13.7. The van der Waals surface area contributed by atoms with E-state index < -0.39 is 18.0 Å². The lowest BCUT2D eigenvalue weighted by atomic mass is 9.85. The van der Waals surface area contributed by atoms with Crippen LogP contribution in [0.25, 0.3) is 71.9 Å². The van der Waals surface area contributed by atoms with E-state index in [1.54, 1.807) is 6.07 Å². The number of fused-ring (bicyclic) bond motifs is 6. The van der Waals surface area contributed by atoms with Crippen molar-refractivity contribution in [3.63, 3.8) is 0 Å².